The van der Waals surface area contributed by atoms with Crippen molar-refractivity contribution in [1.29, 1.82) is 0 Å². The van der Waals surface area contributed by atoms with E-state index in [0.717, 1.165) is 15.0 Å². The Bertz CT molecular complexity index is 789. The zero-order valence-corrected chi connectivity index (χ0v) is 14.5. The Hall–Kier alpha value is -1.86. The van der Waals surface area contributed by atoms with E-state index in [-0.39, 0.29) is 5.91 Å². The highest BCUT2D eigenvalue weighted by Crippen LogP contribution is 2.19. The van der Waals surface area contributed by atoms with E-state index in [1.54, 1.807) is 36.4 Å². The van der Waals surface area contributed by atoms with Gasteiger partial charge in [-0.05, 0) is 42.5 Å². The molecule has 0 atom stereocenters. The molecule has 2 aromatic carbocycles. The second-order valence-corrected chi connectivity index (χ2v) is 7.67. The van der Waals surface area contributed by atoms with Gasteiger partial charge >= 0.3 is 0 Å². The molecule has 2 aromatic rings. The molecule has 0 aliphatic carbocycles. The number of nitrogens with zero attached hydrogens (tertiary/aromatic N) is 1. The Morgan fingerprint density at radius 2 is 1.77 bits per heavy atom. The van der Waals surface area contributed by atoms with Crippen LogP contribution >= 0.6 is 15.9 Å². The van der Waals surface area contributed by atoms with Crippen LogP contribution in [0.4, 0.5) is 11.4 Å². The van der Waals surface area contributed by atoms with Gasteiger partial charge in [0.25, 0.3) is 5.91 Å². The van der Waals surface area contributed by atoms with E-state index in [1.165, 1.54) is 7.05 Å². The number of nitrogens with one attached hydrogen (secondary N) is 1. The van der Waals surface area contributed by atoms with Gasteiger partial charge in [-0.3, -0.25) is 9.10 Å². The molecule has 7 heteroatoms. The fourth-order valence-electron chi connectivity index (χ4n) is 1.78. The van der Waals surface area contributed by atoms with Crippen LogP contribution in [0, 0.1) is 0 Å². The topological polar surface area (TPSA) is 66.5 Å². The number of anilines is 2. The molecular formula is C15H15BrN2O3S. The van der Waals surface area contributed by atoms with Crippen LogP contribution in [-0.4, -0.2) is 27.6 Å². The molecule has 2 rings (SSSR count). The molecule has 0 saturated heterocycles. The van der Waals surface area contributed by atoms with Gasteiger partial charge in [-0.2, -0.15) is 0 Å². The maximum absolute atomic E-state index is 12.1. The summed E-state index contributed by atoms with van der Waals surface area (Å²) in [5, 5.41) is 2.78. The van der Waals surface area contributed by atoms with Crippen LogP contribution in [0.5, 0.6) is 0 Å². The third kappa shape index (κ3) is 4.08. The third-order valence-electron chi connectivity index (χ3n) is 3.07. The first kappa shape index (κ1) is 16.5. The van der Waals surface area contributed by atoms with Gasteiger partial charge in [-0.15, -0.1) is 0 Å². The molecule has 5 nitrogen and oxygen atoms in total. The summed E-state index contributed by atoms with van der Waals surface area (Å²) in [5.74, 6) is -0.258. The monoisotopic (exact) mass is 382 g/mol. The molecule has 1 amide bonds. The van der Waals surface area contributed by atoms with Crippen molar-refractivity contribution in [2.24, 2.45) is 0 Å². The number of hydrogen-bond acceptors (Lipinski definition) is 3. The predicted molar refractivity (Wildman–Crippen MR) is 91.8 cm³/mol. The molecule has 0 aliphatic heterocycles. The van der Waals surface area contributed by atoms with Crippen LogP contribution in [0.25, 0.3) is 0 Å². The minimum Gasteiger partial charge on any atom is -0.322 e. The van der Waals surface area contributed by atoms with Crippen molar-refractivity contribution in [2.45, 2.75) is 0 Å². The Labute approximate surface area is 138 Å². The normalized spacial score (nSPS) is 11.0. The molecular weight excluding hydrogens is 368 g/mol. The minimum atomic E-state index is -3.31. The fourth-order valence-corrected chi connectivity index (χ4v) is 2.69. The summed E-state index contributed by atoms with van der Waals surface area (Å²) in [6.45, 7) is 0. The van der Waals surface area contributed by atoms with E-state index >= 15 is 0 Å². The highest BCUT2D eigenvalue weighted by atomic mass is 79.9. The van der Waals surface area contributed by atoms with Gasteiger partial charge in [0.2, 0.25) is 10.0 Å². The summed E-state index contributed by atoms with van der Waals surface area (Å²) in [4.78, 5) is 12.1. The van der Waals surface area contributed by atoms with Gasteiger partial charge in [-0.1, -0.05) is 22.0 Å². The van der Waals surface area contributed by atoms with Gasteiger partial charge in [0.15, 0.2) is 0 Å². The van der Waals surface area contributed by atoms with Crippen LogP contribution < -0.4 is 9.62 Å². The lowest BCUT2D eigenvalue weighted by Crippen LogP contribution is -2.24. The number of sulfonamides is 1. The number of benzene rings is 2. The summed E-state index contributed by atoms with van der Waals surface area (Å²) in [5.41, 5.74) is 1.63. The number of hydrogen-bond donors (Lipinski definition) is 1. The number of halogens is 1. The standard InChI is InChI=1S/C15H15BrN2O3S/c1-18(22(2,20)21)14-8-6-11(7-9-14)15(19)17-13-5-3-4-12(16)10-13/h3-10H,1-2H3,(H,17,19). The SMILES string of the molecule is CN(c1ccc(C(=O)Nc2cccc(Br)c2)cc1)S(C)(=O)=O. The molecule has 0 spiro atoms. The molecule has 0 saturated carbocycles. The molecule has 0 fully saturated rings. The Morgan fingerprint density at radius 3 is 2.32 bits per heavy atom. The first-order valence-corrected chi connectivity index (χ1v) is 9.02. The lowest BCUT2D eigenvalue weighted by molar-refractivity contribution is 0.102. The molecule has 0 heterocycles. The van der Waals surface area contributed by atoms with Crippen LogP contribution in [0.2, 0.25) is 0 Å². The smallest absolute Gasteiger partial charge is 0.255 e. The van der Waals surface area contributed by atoms with E-state index in [0.29, 0.717) is 16.9 Å². The zero-order valence-electron chi connectivity index (χ0n) is 12.1. The van der Waals surface area contributed by atoms with E-state index in [2.05, 4.69) is 21.2 Å². The summed E-state index contributed by atoms with van der Waals surface area (Å²) in [6.07, 6.45) is 1.13. The van der Waals surface area contributed by atoms with Gasteiger partial charge in [0.1, 0.15) is 0 Å². The van der Waals surface area contributed by atoms with Gasteiger partial charge in [-0.25, -0.2) is 8.42 Å². The average Bonchev–Trinajstić information content (AvgIpc) is 2.45. The van der Waals surface area contributed by atoms with Gasteiger partial charge < -0.3 is 5.32 Å². The molecule has 1 N–H and O–H groups in total. The maximum Gasteiger partial charge on any atom is 0.255 e. The van der Waals surface area contributed by atoms with E-state index < -0.39 is 10.0 Å². The fraction of sp³-hybridized carbons (Fsp3) is 0.133. The third-order valence-corrected chi connectivity index (χ3v) is 4.77. The summed E-state index contributed by atoms with van der Waals surface area (Å²) < 4.78 is 25.0. The Morgan fingerprint density at radius 1 is 1.14 bits per heavy atom. The van der Waals surface area contributed by atoms with E-state index in [1.807, 2.05) is 12.1 Å². The van der Waals surface area contributed by atoms with Crippen LogP contribution in [0.15, 0.2) is 53.0 Å². The second kappa shape index (κ2) is 6.50. The van der Waals surface area contributed by atoms with Crippen molar-refractivity contribution in [1.82, 2.24) is 0 Å². The van der Waals surface area contributed by atoms with Crippen molar-refractivity contribution < 1.29 is 13.2 Å². The zero-order chi connectivity index (χ0) is 16.3. The maximum atomic E-state index is 12.1. The average molecular weight is 383 g/mol. The van der Waals surface area contributed by atoms with Crippen LogP contribution in [-0.2, 0) is 10.0 Å². The summed E-state index contributed by atoms with van der Waals surface area (Å²) >= 11 is 3.34. The molecule has 0 aromatic heterocycles. The van der Waals surface area contributed by atoms with Crippen molar-refractivity contribution in [3.8, 4) is 0 Å². The van der Waals surface area contributed by atoms with E-state index in [9.17, 15) is 13.2 Å². The molecule has 22 heavy (non-hydrogen) atoms. The summed E-state index contributed by atoms with van der Waals surface area (Å²) in [7, 11) is -1.85. The number of amides is 1. The van der Waals surface area contributed by atoms with Crippen LogP contribution in [0.3, 0.4) is 0 Å². The van der Waals surface area contributed by atoms with Crippen molar-refractivity contribution in [2.75, 3.05) is 22.9 Å². The van der Waals surface area contributed by atoms with Gasteiger partial charge in [0.05, 0.1) is 11.9 Å². The summed E-state index contributed by atoms with van der Waals surface area (Å²) in [6, 6.07) is 13.6. The lowest BCUT2D eigenvalue weighted by Gasteiger charge is -2.16. The van der Waals surface area contributed by atoms with E-state index in [4.69, 9.17) is 0 Å². The lowest BCUT2D eigenvalue weighted by atomic mass is 10.2. The molecule has 0 aliphatic rings. The highest BCUT2D eigenvalue weighted by molar-refractivity contribution is 9.10. The number of carbonyl (C=O) groups is 1. The molecule has 0 bridgehead atoms. The molecule has 0 radical (unpaired) electrons. The minimum absolute atomic E-state index is 0.258. The number of carbonyl (C=O) groups excluding carboxylic acids is 1. The van der Waals surface area contributed by atoms with Crippen molar-refractivity contribution in [3.63, 3.8) is 0 Å². The predicted octanol–water partition coefficient (Wildman–Crippen LogP) is 3.10. The number of rotatable bonds is 4. The van der Waals surface area contributed by atoms with Crippen molar-refractivity contribution in [3.05, 3.63) is 58.6 Å². The molecule has 116 valence electrons. The first-order chi connectivity index (χ1) is 10.3. The van der Waals surface area contributed by atoms with Gasteiger partial charge in [0, 0.05) is 22.8 Å². The second-order valence-electron chi connectivity index (χ2n) is 4.74. The van der Waals surface area contributed by atoms with Crippen molar-refractivity contribution >= 4 is 43.2 Å². The first-order valence-electron chi connectivity index (χ1n) is 6.38. The molecule has 0 unspecified atom stereocenters. The largest absolute Gasteiger partial charge is 0.322 e. The highest BCUT2D eigenvalue weighted by Gasteiger charge is 2.13. The Kier molecular flexibility index (Phi) is 4.87. The Balaban J connectivity index is 2.15. The quantitative estimate of drug-likeness (QED) is 0.883. The van der Waals surface area contributed by atoms with Crippen LogP contribution in [0.1, 0.15) is 10.4 Å².